The second kappa shape index (κ2) is 2.89. The van der Waals surface area contributed by atoms with Crippen LogP contribution in [0.15, 0.2) is 10.6 Å². The Kier molecular flexibility index (Phi) is 2.13. The summed E-state index contributed by atoms with van der Waals surface area (Å²) in [6.45, 7) is 1.86. The number of hydrogen-bond acceptors (Lipinski definition) is 4. The molecule has 0 radical (unpaired) electrons. The van der Waals surface area contributed by atoms with E-state index < -0.39 is 0 Å². The molecule has 9 heavy (non-hydrogen) atoms. The molecule has 0 aliphatic carbocycles. The monoisotopic (exact) mass is 144 g/mol. The third-order valence-electron chi connectivity index (χ3n) is 0.908. The van der Waals surface area contributed by atoms with E-state index in [0.29, 0.717) is 0 Å². The molecule has 1 rings (SSSR count). The van der Waals surface area contributed by atoms with Gasteiger partial charge in [0.25, 0.3) is 0 Å². The van der Waals surface area contributed by atoms with E-state index in [4.69, 9.17) is 9.66 Å². The van der Waals surface area contributed by atoms with Gasteiger partial charge in [0.2, 0.25) is 0 Å². The maximum Gasteiger partial charge on any atom is 0.133 e. The van der Waals surface area contributed by atoms with E-state index in [1.54, 1.807) is 0 Å². The Labute approximate surface area is 57.7 Å². The molecule has 1 aromatic rings. The third kappa shape index (κ3) is 1.73. The molecule has 0 saturated carbocycles. The van der Waals surface area contributed by atoms with Crippen molar-refractivity contribution in [3.63, 3.8) is 0 Å². The van der Waals surface area contributed by atoms with Crippen molar-refractivity contribution in [1.29, 1.82) is 0 Å². The molecule has 0 saturated heterocycles. The van der Waals surface area contributed by atoms with E-state index in [1.807, 2.05) is 13.0 Å². The van der Waals surface area contributed by atoms with Gasteiger partial charge in [0.05, 0.1) is 11.4 Å². The van der Waals surface area contributed by atoms with Gasteiger partial charge in [-0.25, -0.2) is 0 Å². The van der Waals surface area contributed by atoms with Gasteiger partial charge in [-0.2, -0.15) is 0 Å². The molecule has 0 fully saturated rings. The number of aromatic nitrogens is 1. The summed E-state index contributed by atoms with van der Waals surface area (Å²) < 4.78 is 4.80. The molecule has 0 aliphatic heterocycles. The Morgan fingerprint density at radius 1 is 1.89 bits per heavy atom. The zero-order valence-corrected chi connectivity index (χ0v) is 5.94. The molecule has 1 heterocycles. The van der Waals surface area contributed by atoms with Crippen LogP contribution in [0.2, 0.25) is 0 Å². The second-order valence-corrected chi connectivity index (χ2v) is 2.36. The highest BCUT2D eigenvalue weighted by Gasteiger charge is 1.96. The number of nitrogens with two attached hydrogens (primary N) is 1. The van der Waals surface area contributed by atoms with Crippen molar-refractivity contribution < 1.29 is 4.52 Å². The molecule has 0 unspecified atom stereocenters. The smallest absolute Gasteiger partial charge is 0.133 e. The lowest BCUT2D eigenvalue weighted by Crippen LogP contribution is -1.82. The molecule has 3 nitrogen and oxygen atoms in total. The molecule has 2 N–H and O–H groups in total. The normalized spacial score (nSPS) is 10.0. The fourth-order valence-electron chi connectivity index (χ4n) is 0.571. The fraction of sp³-hybridized carbons (Fsp3) is 0.400. The van der Waals surface area contributed by atoms with Crippen molar-refractivity contribution in [1.82, 2.24) is 5.16 Å². The Morgan fingerprint density at radius 2 is 2.67 bits per heavy atom. The summed E-state index contributed by atoms with van der Waals surface area (Å²) in [4.78, 5) is 0. The van der Waals surface area contributed by atoms with Gasteiger partial charge in [-0.05, 0) is 6.92 Å². The molecule has 1 aromatic heterocycles. The maximum absolute atomic E-state index is 5.20. The van der Waals surface area contributed by atoms with E-state index in [1.165, 1.54) is 11.9 Å². The minimum Gasteiger partial charge on any atom is -0.361 e. The van der Waals surface area contributed by atoms with Crippen LogP contribution in [0, 0.1) is 6.92 Å². The number of nitrogens with zero attached hydrogens (tertiary/aromatic N) is 1. The molecule has 4 heteroatoms. The molecular weight excluding hydrogens is 136 g/mol. The van der Waals surface area contributed by atoms with E-state index in [-0.39, 0.29) is 0 Å². The summed E-state index contributed by atoms with van der Waals surface area (Å²) in [5.74, 6) is 1.55. The first-order chi connectivity index (χ1) is 4.33. The quantitative estimate of drug-likeness (QED) is 0.631. The first-order valence-corrected chi connectivity index (χ1v) is 3.61. The standard InChI is InChI=1S/C5H8N2OS/c1-4-2-5(3-9-6)7-8-4/h2H,3,6H2,1H3. The van der Waals surface area contributed by atoms with Crippen LogP contribution >= 0.6 is 11.9 Å². The highest BCUT2D eigenvalue weighted by atomic mass is 32.2. The van der Waals surface area contributed by atoms with Crippen molar-refractivity contribution in [3.8, 4) is 0 Å². The van der Waals surface area contributed by atoms with Gasteiger partial charge in [-0.15, -0.1) is 0 Å². The summed E-state index contributed by atoms with van der Waals surface area (Å²) >= 11 is 1.25. The summed E-state index contributed by atoms with van der Waals surface area (Å²) in [5.41, 5.74) is 0.903. The van der Waals surface area contributed by atoms with E-state index in [9.17, 15) is 0 Å². The fourth-order valence-corrected chi connectivity index (χ4v) is 0.878. The molecule has 0 aliphatic rings. The van der Waals surface area contributed by atoms with Gasteiger partial charge in [-0.3, -0.25) is 5.14 Å². The summed E-state index contributed by atoms with van der Waals surface area (Å²) in [6, 6.07) is 1.87. The van der Waals surface area contributed by atoms with Gasteiger partial charge in [0.1, 0.15) is 5.76 Å². The lowest BCUT2D eigenvalue weighted by atomic mass is 10.4. The van der Waals surface area contributed by atoms with Crippen molar-refractivity contribution in [2.45, 2.75) is 12.7 Å². The van der Waals surface area contributed by atoms with Crippen LogP contribution in [0.5, 0.6) is 0 Å². The van der Waals surface area contributed by atoms with E-state index in [0.717, 1.165) is 17.2 Å². The third-order valence-corrected chi connectivity index (χ3v) is 1.37. The van der Waals surface area contributed by atoms with E-state index >= 15 is 0 Å². The second-order valence-electron chi connectivity index (χ2n) is 1.74. The van der Waals surface area contributed by atoms with Crippen LogP contribution < -0.4 is 5.14 Å². The van der Waals surface area contributed by atoms with Crippen molar-refractivity contribution in [2.75, 3.05) is 0 Å². The lowest BCUT2D eigenvalue weighted by Gasteiger charge is -1.83. The Hall–Kier alpha value is -0.480. The van der Waals surface area contributed by atoms with E-state index in [2.05, 4.69) is 5.16 Å². The highest BCUT2D eigenvalue weighted by Crippen LogP contribution is 2.06. The van der Waals surface area contributed by atoms with Gasteiger partial charge in [0.15, 0.2) is 0 Å². The molecule has 0 amide bonds. The number of hydrogen-bond donors (Lipinski definition) is 1. The van der Waals surface area contributed by atoms with Crippen molar-refractivity contribution in [3.05, 3.63) is 17.5 Å². The SMILES string of the molecule is Cc1cc(CSN)no1. The van der Waals surface area contributed by atoms with Crippen molar-refractivity contribution in [2.24, 2.45) is 5.14 Å². The number of aryl methyl sites for hydroxylation is 1. The van der Waals surface area contributed by atoms with Crippen LogP contribution in [-0.2, 0) is 5.75 Å². The average molecular weight is 144 g/mol. The highest BCUT2D eigenvalue weighted by molar-refractivity contribution is 7.96. The first-order valence-electron chi connectivity index (χ1n) is 2.57. The minimum atomic E-state index is 0.720. The average Bonchev–Trinajstić information content (AvgIpc) is 2.17. The zero-order valence-electron chi connectivity index (χ0n) is 5.13. The van der Waals surface area contributed by atoms with Crippen LogP contribution in [0.1, 0.15) is 11.5 Å². The Balaban J connectivity index is 2.61. The number of rotatable bonds is 2. The van der Waals surface area contributed by atoms with Gasteiger partial charge in [0, 0.05) is 6.07 Å². The summed E-state index contributed by atoms with van der Waals surface area (Å²) in [6.07, 6.45) is 0. The Bertz CT molecular complexity index is 187. The zero-order chi connectivity index (χ0) is 6.69. The maximum atomic E-state index is 5.20. The summed E-state index contributed by atoms with van der Waals surface area (Å²) in [7, 11) is 0. The molecule has 0 spiro atoms. The predicted octanol–water partition coefficient (Wildman–Crippen LogP) is 1.09. The topological polar surface area (TPSA) is 52.0 Å². The van der Waals surface area contributed by atoms with Gasteiger partial charge < -0.3 is 4.52 Å². The molecule has 0 atom stereocenters. The lowest BCUT2D eigenvalue weighted by molar-refractivity contribution is 0.393. The predicted molar refractivity (Wildman–Crippen MR) is 36.7 cm³/mol. The summed E-state index contributed by atoms with van der Waals surface area (Å²) in [5, 5.41) is 8.93. The van der Waals surface area contributed by atoms with Crippen LogP contribution in [-0.4, -0.2) is 5.16 Å². The molecule has 0 bridgehead atoms. The van der Waals surface area contributed by atoms with Crippen LogP contribution in [0.4, 0.5) is 0 Å². The molecule has 50 valence electrons. The minimum absolute atomic E-state index is 0.720. The molecular formula is C5H8N2OS. The Morgan fingerprint density at radius 3 is 3.11 bits per heavy atom. The first kappa shape index (κ1) is 6.64. The van der Waals surface area contributed by atoms with Gasteiger partial charge >= 0.3 is 0 Å². The largest absolute Gasteiger partial charge is 0.361 e. The van der Waals surface area contributed by atoms with Crippen molar-refractivity contribution >= 4 is 11.9 Å². The van der Waals surface area contributed by atoms with Crippen LogP contribution in [0.25, 0.3) is 0 Å². The van der Waals surface area contributed by atoms with Crippen LogP contribution in [0.3, 0.4) is 0 Å². The van der Waals surface area contributed by atoms with Gasteiger partial charge in [-0.1, -0.05) is 17.1 Å². The molecule has 0 aromatic carbocycles.